The van der Waals surface area contributed by atoms with E-state index in [2.05, 4.69) is 15.4 Å². The third-order valence-corrected chi connectivity index (χ3v) is 7.70. The van der Waals surface area contributed by atoms with Crippen molar-refractivity contribution in [2.45, 2.75) is 28.8 Å². The molecule has 0 bridgehead atoms. The fourth-order valence-electron chi connectivity index (χ4n) is 3.08. The Labute approximate surface area is 196 Å². The van der Waals surface area contributed by atoms with Gasteiger partial charge in [0.25, 0.3) is 5.91 Å². The average molecular weight is 486 g/mol. The molecule has 0 aliphatic heterocycles. The van der Waals surface area contributed by atoms with Gasteiger partial charge in [-0.3, -0.25) is 14.9 Å². The summed E-state index contributed by atoms with van der Waals surface area (Å²) in [5.41, 5.74) is 1.10. The number of imide groups is 1. The van der Waals surface area contributed by atoms with Crippen LogP contribution in [0.3, 0.4) is 0 Å². The van der Waals surface area contributed by atoms with Crippen LogP contribution in [0.2, 0.25) is 0 Å². The number of rotatable bonds is 8. The van der Waals surface area contributed by atoms with E-state index in [0.29, 0.717) is 11.1 Å². The van der Waals surface area contributed by atoms with E-state index in [1.54, 1.807) is 0 Å². The van der Waals surface area contributed by atoms with Gasteiger partial charge < -0.3 is 0 Å². The first-order chi connectivity index (χ1) is 15.8. The zero-order valence-electron chi connectivity index (χ0n) is 18.1. The van der Waals surface area contributed by atoms with Gasteiger partial charge in [-0.2, -0.15) is 0 Å². The Kier molecular flexibility index (Phi) is 6.63. The molecule has 0 spiro atoms. The van der Waals surface area contributed by atoms with Gasteiger partial charge in [0.1, 0.15) is 5.82 Å². The van der Waals surface area contributed by atoms with Crippen molar-refractivity contribution in [3.05, 3.63) is 66.0 Å². The van der Waals surface area contributed by atoms with E-state index in [0.717, 1.165) is 40.4 Å². The van der Waals surface area contributed by atoms with Gasteiger partial charge in [-0.05, 0) is 49.2 Å². The monoisotopic (exact) mass is 485 g/mol. The van der Waals surface area contributed by atoms with E-state index in [4.69, 9.17) is 0 Å². The van der Waals surface area contributed by atoms with Crippen LogP contribution in [0.5, 0.6) is 0 Å². The van der Waals surface area contributed by atoms with Crippen LogP contribution in [-0.4, -0.2) is 59.2 Å². The standard InChI is InChI=1S/C22H23N5O4S2/c1-26(2)33(30,31)18-12-10-16(11-13-18)21(29)23-19(28)14-32-22-24-20(15-8-9-15)27(25-22)17-6-4-3-5-7-17/h3-7,10-13,15H,8-9,14H2,1-2H3,(H,23,28,29). The van der Waals surface area contributed by atoms with E-state index in [9.17, 15) is 18.0 Å². The maximum atomic E-state index is 12.4. The number of carbonyl (C=O) groups is 2. The summed E-state index contributed by atoms with van der Waals surface area (Å²) in [5.74, 6) is 0.145. The molecule has 2 aromatic carbocycles. The lowest BCUT2D eigenvalue weighted by molar-refractivity contribution is -0.117. The number of amides is 2. The van der Waals surface area contributed by atoms with Crippen LogP contribution in [0.1, 0.15) is 34.9 Å². The van der Waals surface area contributed by atoms with E-state index < -0.39 is 21.8 Å². The van der Waals surface area contributed by atoms with Crippen molar-refractivity contribution in [3.8, 4) is 5.69 Å². The predicted octanol–water partition coefficient (Wildman–Crippen LogP) is 2.44. The number of nitrogens with zero attached hydrogens (tertiary/aromatic N) is 4. The van der Waals surface area contributed by atoms with Crippen molar-refractivity contribution in [3.63, 3.8) is 0 Å². The molecule has 11 heteroatoms. The highest BCUT2D eigenvalue weighted by Gasteiger charge is 2.30. The molecular formula is C22H23N5O4S2. The number of thioether (sulfide) groups is 1. The van der Waals surface area contributed by atoms with Crippen LogP contribution in [0.4, 0.5) is 0 Å². The van der Waals surface area contributed by atoms with Crippen LogP contribution in [0.15, 0.2) is 64.6 Å². The smallest absolute Gasteiger partial charge is 0.257 e. The first kappa shape index (κ1) is 23.1. The lowest BCUT2D eigenvalue weighted by atomic mass is 10.2. The molecule has 33 heavy (non-hydrogen) atoms. The number of para-hydroxylation sites is 1. The summed E-state index contributed by atoms with van der Waals surface area (Å²) in [6.45, 7) is 0. The highest BCUT2D eigenvalue weighted by atomic mass is 32.2. The number of nitrogens with one attached hydrogen (secondary N) is 1. The Morgan fingerprint density at radius 1 is 1.09 bits per heavy atom. The van der Waals surface area contributed by atoms with E-state index in [-0.39, 0.29) is 16.2 Å². The molecular weight excluding hydrogens is 462 g/mol. The second-order valence-electron chi connectivity index (χ2n) is 7.75. The number of benzene rings is 2. The lowest BCUT2D eigenvalue weighted by Gasteiger charge is -2.11. The maximum Gasteiger partial charge on any atom is 0.257 e. The third kappa shape index (κ3) is 5.32. The Bertz CT molecular complexity index is 1270. The number of hydrogen-bond acceptors (Lipinski definition) is 7. The van der Waals surface area contributed by atoms with Gasteiger partial charge in [0.2, 0.25) is 21.1 Å². The van der Waals surface area contributed by atoms with Crippen molar-refractivity contribution in [1.82, 2.24) is 24.4 Å². The molecule has 3 aromatic rings. The molecule has 0 saturated heterocycles. The van der Waals surface area contributed by atoms with E-state index in [1.807, 2.05) is 35.0 Å². The minimum Gasteiger partial charge on any atom is -0.292 e. The van der Waals surface area contributed by atoms with Crippen LogP contribution >= 0.6 is 11.8 Å². The average Bonchev–Trinajstić information content (AvgIpc) is 3.57. The third-order valence-electron chi connectivity index (χ3n) is 5.04. The second kappa shape index (κ2) is 9.46. The highest BCUT2D eigenvalue weighted by molar-refractivity contribution is 7.99. The number of aromatic nitrogens is 3. The number of sulfonamides is 1. The predicted molar refractivity (Wildman–Crippen MR) is 124 cm³/mol. The number of hydrogen-bond donors (Lipinski definition) is 1. The molecule has 0 radical (unpaired) electrons. The first-order valence-electron chi connectivity index (χ1n) is 10.3. The zero-order valence-corrected chi connectivity index (χ0v) is 19.8. The van der Waals surface area contributed by atoms with Crippen molar-refractivity contribution < 1.29 is 18.0 Å². The van der Waals surface area contributed by atoms with E-state index in [1.165, 1.54) is 38.4 Å². The fraction of sp³-hybridized carbons (Fsp3) is 0.273. The molecule has 4 rings (SSSR count). The van der Waals surface area contributed by atoms with Crippen LogP contribution in [-0.2, 0) is 14.8 Å². The van der Waals surface area contributed by atoms with Crippen molar-refractivity contribution in [2.24, 2.45) is 0 Å². The summed E-state index contributed by atoms with van der Waals surface area (Å²) >= 11 is 1.16. The summed E-state index contributed by atoms with van der Waals surface area (Å²) in [5, 5.41) is 7.33. The highest BCUT2D eigenvalue weighted by Crippen LogP contribution is 2.40. The van der Waals surface area contributed by atoms with Gasteiger partial charge in [-0.15, -0.1) is 5.10 Å². The summed E-state index contributed by atoms with van der Waals surface area (Å²) < 4.78 is 27.2. The molecule has 2 amide bonds. The molecule has 1 heterocycles. The molecule has 1 aromatic heterocycles. The molecule has 9 nitrogen and oxygen atoms in total. The topological polar surface area (TPSA) is 114 Å². The minimum absolute atomic E-state index is 0.0260. The maximum absolute atomic E-state index is 12.4. The second-order valence-corrected chi connectivity index (χ2v) is 10.8. The quantitative estimate of drug-likeness (QED) is 0.488. The Morgan fingerprint density at radius 2 is 1.76 bits per heavy atom. The lowest BCUT2D eigenvalue weighted by Crippen LogP contribution is -2.32. The first-order valence-corrected chi connectivity index (χ1v) is 12.7. The van der Waals surface area contributed by atoms with Gasteiger partial charge >= 0.3 is 0 Å². The summed E-state index contributed by atoms with van der Waals surface area (Å²) in [6, 6.07) is 15.1. The van der Waals surface area contributed by atoms with Crippen LogP contribution in [0, 0.1) is 0 Å². The Hall–Kier alpha value is -3.02. The zero-order chi connectivity index (χ0) is 23.6. The number of carbonyl (C=O) groups excluding carboxylic acids is 2. The summed E-state index contributed by atoms with van der Waals surface area (Å²) in [7, 11) is -0.733. The molecule has 1 N–H and O–H groups in total. The van der Waals surface area contributed by atoms with Crippen molar-refractivity contribution in [2.75, 3.05) is 19.8 Å². The SMILES string of the molecule is CN(C)S(=O)(=O)c1ccc(C(=O)NC(=O)CSc2nc(C3CC3)n(-c3ccccc3)n2)cc1. The Balaban J connectivity index is 1.37. The van der Waals surface area contributed by atoms with E-state index >= 15 is 0 Å². The Morgan fingerprint density at radius 3 is 2.36 bits per heavy atom. The van der Waals surface area contributed by atoms with Gasteiger partial charge in [0.05, 0.1) is 16.3 Å². The molecule has 1 aliphatic rings. The summed E-state index contributed by atoms with van der Waals surface area (Å²) in [4.78, 5) is 29.3. The van der Waals surface area contributed by atoms with Gasteiger partial charge in [0, 0.05) is 25.6 Å². The van der Waals surface area contributed by atoms with Crippen LogP contribution in [0.25, 0.3) is 5.69 Å². The minimum atomic E-state index is -3.59. The van der Waals surface area contributed by atoms with Crippen LogP contribution < -0.4 is 5.32 Å². The molecule has 1 aliphatic carbocycles. The normalized spacial score (nSPS) is 13.8. The van der Waals surface area contributed by atoms with Gasteiger partial charge in [-0.1, -0.05) is 30.0 Å². The molecule has 1 fully saturated rings. The van der Waals surface area contributed by atoms with Crippen molar-refractivity contribution in [1.29, 1.82) is 0 Å². The largest absolute Gasteiger partial charge is 0.292 e. The molecule has 0 unspecified atom stereocenters. The molecule has 0 atom stereocenters. The van der Waals surface area contributed by atoms with Gasteiger partial charge in [-0.25, -0.2) is 22.4 Å². The molecule has 172 valence electrons. The van der Waals surface area contributed by atoms with Crippen molar-refractivity contribution >= 4 is 33.6 Å². The fourth-order valence-corrected chi connectivity index (χ4v) is 4.62. The van der Waals surface area contributed by atoms with Gasteiger partial charge in [0.15, 0.2) is 0 Å². The summed E-state index contributed by atoms with van der Waals surface area (Å²) in [6.07, 6.45) is 2.14. The molecule has 1 saturated carbocycles.